The molecule has 138 valence electrons. The van der Waals surface area contributed by atoms with Gasteiger partial charge in [-0.15, -0.1) is 0 Å². The zero-order chi connectivity index (χ0) is 19.9. The van der Waals surface area contributed by atoms with E-state index in [4.69, 9.17) is 0 Å². The van der Waals surface area contributed by atoms with Gasteiger partial charge in [-0.1, -0.05) is 12.1 Å². The van der Waals surface area contributed by atoms with Gasteiger partial charge in [0.2, 0.25) is 0 Å². The molecule has 0 aliphatic rings. The third-order valence-corrected chi connectivity index (χ3v) is 3.89. The Bertz CT molecular complexity index is 1060. The summed E-state index contributed by atoms with van der Waals surface area (Å²) in [4.78, 5) is 28.0. The van der Waals surface area contributed by atoms with Crippen molar-refractivity contribution in [1.82, 2.24) is 4.98 Å². The maximum Gasteiger partial charge on any atom is 0.337 e. The van der Waals surface area contributed by atoms with Gasteiger partial charge < -0.3 is 15.4 Å². The van der Waals surface area contributed by atoms with Crippen LogP contribution in [0.15, 0.2) is 67.0 Å². The van der Waals surface area contributed by atoms with Gasteiger partial charge in [0, 0.05) is 11.9 Å². The second kappa shape index (κ2) is 8.47. The maximum atomic E-state index is 12.5. The molecule has 0 unspecified atom stereocenters. The lowest BCUT2D eigenvalue weighted by Crippen LogP contribution is -2.12. The normalized spacial score (nSPS) is 9.86. The molecule has 1 heterocycles. The van der Waals surface area contributed by atoms with Crippen molar-refractivity contribution in [3.63, 3.8) is 0 Å². The standard InChI is InChI=1S/C21H16N4O3/c1-28-21(27)14-6-8-17(9-7-14)25-20(26)16-10-18(13-23-12-16)24-19-5-3-2-4-15(19)11-22/h2-10,12-13,24H,1H3,(H,25,26). The van der Waals surface area contributed by atoms with Gasteiger partial charge in [-0.3, -0.25) is 9.78 Å². The maximum absolute atomic E-state index is 12.5. The van der Waals surface area contributed by atoms with Gasteiger partial charge in [0.15, 0.2) is 0 Å². The topological polar surface area (TPSA) is 104 Å². The molecule has 2 aromatic carbocycles. The van der Waals surface area contributed by atoms with E-state index in [1.807, 2.05) is 6.07 Å². The first kappa shape index (κ1) is 18.6. The average Bonchev–Trinajstić information content (AvgIpc) is 2.74. The summed E-state index contributed by atoms with van der Waals surface area (Å²) in [7, 11) is 1.31. The van der Waals surface area contributed by atoms with Crippen molar-refractivity contribution in [1.29, 1.82) is 5.26 Å². The first-order chi connectivity index (χ1) is 13.6. The Hall–Kier alpha value is -4.18. The lowest BCUT2D eigenvalue weighted by Gasteiger charge is -2.10. The Kier molecular flexibility index (Phi) is 5.63. The number of hydrogen-bond acceptors (Lipinski definition) is 6. The Morgan fingerprint density at radius 3 is 2.46 bits per heavy atom. The van der Waals surface area contributed by atoms with E-state index in [2.05, 4.69) is 26.4 Å². The van der Waals surface area contributed by atoms with Crippen LogP contribution in [-0.2, 0) is 4.74 Å². The van der Waals surface area contributed by atoms with Crippen LogP contribution in [0.4, 0.5) is 17.1 Å². The van der Waals surface area contributed by atoms with Crippen molar-refractivity contribution in [2.45, 2.75) is 0 Å². The third-order valence-electron chi connectivity index (χ3n) is 3.89. The second-order valence-corrected chi connectivity index (χ2v) is 5.77. The van der Waals surface area contributed by atoms with Crippen LogP contribution in [0, 0.1) is 11.3 Å². The molecule has 0 bridgehead atoms. The van der Waals surface area contributed by atoms with E-state index in [1.54, 1.807) is 54.7 Å². The van der Waals surface area contributed by atoms with Crippen molar-refractivity contribution < 1.29 is 14.3 Å². The summed E-state index contributed by atoms with van der Waals surface area (Å²) < 4.78 is 4.64. The zero-order valence-corrected chi connectivity index (χ0v) is 15.0. The highest BCUT2D eigenvalue weighted by Gasteiger charge is 2.10. The minimum Gasteiger partial charge on any atom is -0.465 e. The van der Waals surface area contributed by atoms with Crippen LogP contribution in [0.25, 0.3) is 0 Å². The summed E-state index contributed by atoms with van der Waals surface area (Å²) in [6.45, 7) is 0. The Morgan fingerprint density at radius 2 is 1.75 bits per heavy atom. The minimum absolute atomic E-state index is 0.344. The Balaban J connectivity index is 1.73. The summed E-state index contributed by atoms with van der Waals surface area (Å²) in [5.74, 6) is -0.797. The molecule has 1 amide bonds. The number of esters is 1. The van der Waals surface area contributed by atoms with Crippen LogP contribution in [0.2, 0.25) is 0 Å². The van der Waals surface area contributed by atoms with Crippen molar-refractivity contribution in [2.24, 2.45) is 0 Å². The molecule has 0 saturated heterocycles. The fraction of sp³-hybridized carbons (Fsp3) is 0.0476. The van der Waals surface area contributed by atoms with Gasteiger partial charge in [-0.2, -0.15) is 5.26 Å². The largest absolute Gasteiger partial charge is 0.465 e. The monoisotopic (exact) mass is 372 g/mol. The highest BCUT2D eigenvalue weighted by atomic mass is 16.5. The molecule has 0 fully saturated rings. The quantitative estimate of drug-likeness (QED) is 0.661. The molecule has 2 N–H and O–H groups in total. The second-order valence-electron chi connectivity index (χ2n) is 5.77. The van der Waals surface area contributed by atoms with Crippen LogP contribution in [0.1, 0.15) is 26.3 Å². The number of para-hydroxylation sites is 1. The molecule has 0 radical (unpaired) electrons. The fourth-order valence-corrected chi connectivity index (χ4v) is 2.49. The molecule has 7 nitrogen and oxygen atoms in total. The number of hydrogen-bond donors (Lipinski definition) is 2. The third kappa shape index (κ3) is 4.31. The molecule has 0 atom stereocenters. The Morgan fingerprint density at radius 1 is 1.00 bits per heavy atom. The van der Waals surface area contributed by atoms with Crippen LogP contribution in [-0.4, -0.2) is 24.0 Å². The molecule has 7 heteroatoms. The fourth-order valence-electron chi connectivity index (χ4n) is 2.49. The number of ether oxygens (including phenoxy) is 1. The Labute approximate surface area is 161 Å². The molecule has 0 aliphatic heterocycles. The summed E-state index contributed by atoms with van der Waals surface area (Å²) in [6, 6.07) is 17.2. The number of aromatic nitrogens is 1. The van der Waals surface area contributed by atoms with Crippen molar-refractivity contribution in [3.8, 4) is 6.07 Å². The highest BCUT2D eigenvalue weighted by molar-refractivity contribution is 6.04. The lowest BCUT2D eigenvalue weighted by atomic mass is 10.1. The summed E-state index contributed by atoms with van der Waals surface area (Å²) in [5.41, 5.74) is 2.97. The van der Waals surface area contributed by atoms with Gasteiger partial charge in [0.25, 0.3) is 5.91 Å². The number of benzene rings is 2. The molecule has 0 aliphatic carbocycles. The van der Waals surface area contributed by atoms with Crippen LogP contribution < -0.4 is 10.6 Å². The summed E-state index contributed by atoms with van der Waals surface area (Å²) in [6.07, 6.45) is 3.01. The zero-order valence-electron chi connectivity index (χ0n) is 15.0. The van der Waals surface area contributed by atoms with Crippen molar-refractivity contribution in [2.75, 3.05) is 17.7 Å². The van der Waals surface area contributed by atoms with Gasteiger partial charge >= 0.3 is 5.97 Å². The molecular formula is C21H16N4O3. The molecule has 1 aromatic heterocycles. The lowest BCUT2D eigenvalue weighted by molar-refractivity contribution is 0.0600. The van der Waals surface area contributed by atoms with E-state index in [9.17, 15) is 14.9 Å². The summed E-state index contributed by atoms with van der Waals surface area (Å²) in [5, 5.41) is 15.0. The van der Waals surface area contributed by atoms with Gasteiger partial charge in [-0.25, -0.2) is 4.79 Å². The number of nitrogens with one attached hydrogen (secondary N) is 2. The number of rotatable bonds is 5. The van der Waals surface area contributed by atoms with Crippen LogP contribution in [0.3, 0.4) is 0 Å². The molecule has 0 saturated carbocycles. The van der Waals surface area contributed by atoms with E-state index in [-0.39, 0.29) is 5.91 Å². The number of methoxy groups -OCH3 is 1. The minimum atomic E-state index is -0.446. The number of nitrogens with zero attached hydrogens (tertiary/aromatic N) is 2. The predicted molar refractivity (Wildman–Crippen MR) is 104 cm³/mol. The predicted octanol–water partition coefficient (Wildman–Crippen LogP) is 3.74. The van der Waals surface area contributed by atoms with Crippen molar-refractivity contribution in [3.05, 3.63) is 83.7 Å². The number of carbonyl (C=O) groups excluding carboxylic acids is 2. The SMILES string of the molecule is COC(=O)c1ccc(NC(=O)c2cncc(Nc3ccccc3C#N)c2)cc1. The molecule has 3 rings (SSSR count). The molecule has 3 aromatic rings. The van der Waals surface area contributed by atoms with E-state index in [1.165, 1.54) is 13.3 Å². The van der Waals surface area contributed by atoms with Gasteiger partial charge in [-0.05, 0) is 42.5 Å². The highest BCUT2D eigenvalue weighted by Crippen LogP contribution is 2.21. The van der Waals surface area contributed by atoms with Crippen LogP contribution in [0.5, 0.6) is 0 Å². The average molecular weight is 372 g/mol. The van der Waals surface area contributed by atoms with E-state index < -0.39 is 5.97 Å². The van der Waals surface area contributed by atoms with E-state index in [0.29, 0.717) is 33.8 Å². The first-order valence-electron chi connectivity index (χ1n) is 8.31. The molecular weight excluding hydrogens is 356 g/mol. The first-order valence-corrected chi connectivity index (χ1v) is 8.31. The van der Waals surface area contributed by atoms with E-state index >= 15 is 0 Å². The van der Waals surface area contributed by atoms with Gasteiger partial charge in [0.1, 0.15) is 6.07 Å². The molecule has 0 spiro atoms. The number of amides is 1. The number of anilines is 3. The van der Waals surface area contributed by atoms with E-state index in [0.717, 1.165) is 0 Å². The summed E-state index contributed by atoms with van der Waals surface area (Å²) >= 11 is 0. The molecule has 28 heavy (non-hydrogen) atoms. The number of pyridine rings is 1. The van der Waals surface area contributed by atoms with Gasteiger partial charge in [0.05, 0.1) is 41.4 Å². The number of carbonyl (C=O) groups is 2. The van der Waals surface area contributed by atoms with Crippen molar-refractivity contribution >= 4 is 28.9 Å². The van der Waals surface area contributed by atoms with Crippen LogP contribution >= 0.6 is 0 Å². The smallest absolute Gasteiger partial charge is 0.337 e. The number of nitriles is 1.